The molecule has 10 nitrogen and oxygen atoms in total. The highest BCUT2D eigenvalue weighted by molar-refractivity contribution is 5.62. The number of nitrogen functional groups attached to an aromatic ring is 1. The van der Waals surface area contributed by atoms with Gasteiger partial charge in [-0.3, -0.25) is 15.5 Å². The molecule has 0 saturated heterocycles. The predicted molar refractivity (Wildman–Crippen MR) is 77.2 cm³/mol. The Labute approximate surface area is 122 Å². The molecule has 0 aromatic carbocycles. The van der Waals surface area contributed by atoms with E-state index >= 15 is 0 Å². The van der Waals surface area contributed by atoms with Crippen molar-refractivity contribution in [3.63, 3.8) is 0 Å². The van der Waals surface area contributed by atoms with E-state index in [1.54, 1.807) is 19.1 Å². The van der Waals surface area contributed by atoms with E-state index in [4.69, 9.17) is 15.3 Å². The minimum absolute atomic E-state index is 0.118. The number of nitrogens with one attached hydrogen (secondary N) is 1. The van der Waals surface area contributed by atoms with E-state index in [0.717, 1.165) is 0 Å². The number of aryl methyl sites for hydroxylation is 1. The predicted octanol–water partition coefficient (Wildman–Crippen LogP) is 0.0780. The second kappa shape index (κ2) is 8.29. The van der Waals surface area contributed by atoms with Gasteiger partial charge in [0.05, 0.1) is 18.1 Å². The monoisotopic (exact) mass is 300 g/mol. The molecule has 0 fully saturated rings. The van der Waals surface area contributed by atoms with Gasteiger partial charge in [-0.15, -0.1) is 0 Å². The van der Waals surface area contributed by atoms with Crippen LogP contribution in [0.15, 0.2) is 0 Å². The minimum Gasteiger partial charge on any atom is -0.383 e. The van der Waals surface area contributed by atoms with Gasteiger partial charge in [-0.25, -0.2) is 10.8 Å². The molecule has 0 saturated carbocycles. The van der Waals surface area contributed by atoms with Crippen molar-refractivity contribution in [3.8, 4) is 0 Å². The molecule has 0 amide bonds. The number of rotatable bonds is 9. The highest BCUT2D eigenvalue weighted by Crippen LogP contribution is 2.29. The molecule has 1 heterocycles. The topological polar surface area (TPSA) is 129 Å². The summed E-state index contributed by atoms with van der Waals surface area (Å²) in [6.45, 7) is 3.20. The molecule has 1 aromatic rings. The van der Waals surface area contributed by atoms with Crippen molar-refractivity contribution >= 4 is 17.5 Å². The standard InChI is InChI=1S/C11H20N6O4/c1-8-9(17(18)19)10(14-11(13-8)15-12)16(4-6-20-2)5-7-21-3/h4-7,12H2,1-3H3,(H,13,14,15). The van der Waals surface area contributed by atoms with Crippen LogP contribution in [-0.4, -0.2) is 55.4 Å². The fraction of sp³-hybridized carbons (Fsp3) is 0.636. The van der Waals surface area contributed by atoms with Gasteiger partial charge in [0.25, 0.3) is 0 Å². The fourth-order valence-corrected chi connectivity index (χ4v) is 1.78. The number of aromatic nitrogens is 2. The van der Waals surface area contributed by atoms with Gasteiger partial charge in [0.15, 0.2) is 0 Å². The minimum atomic E-state index is -0.502. The van der Waals surface area contributed by atoms with Crippen LogP contribution in [0.1, 0.15) is 5.69 Å². The third kappa shape index (κ3) is 4.48. The number of methoxy groups -OCH3 is 2. The third-order valence-corrected chi connectivity index (χ3v) is 2.78. The smallest absolute Gasteiger partial charge is 0.332 e. The van der Waals surface area contributed by atoms with Gasteiger partial charge in [0.1, 0.15) is 5.69 Å². The fourth-order valence-electron chi connectivity index (χ4n) is 1.78. The second-order valence-electron chi connectivity index (χ2n) is 4.18. The van der Waals surface area contributed by atoms with Gasteiger partial charge in [0.2, 0.25) is 11.8 Å². The number of nitro groups is 1. The van der Waals surface area contributed by atoms with Crippen LogP contribution in [0.5, 0.6) is 0 Å². The van der Waals surface area contributed by atoms with Crippen LogP contribution in [0.2, 0.25) is 0 Å². The Kier molecular flexibility index (Phi) is 6.72. The molecule has 0 radical (unpaired) electrons. The van der Waals surface area contributed by atoms with Gasteiger partial charge in [-0.1, -0.05) is 0 Å². The van der Waals surface area contributed by atoms with Crippen LogP contribution in [0.4, 0.5) is 17.5 Å². The lowest BCUT2D eigenvalue weighted by Gasteiger charge is -2.23. The molecule has 0 spiro atoms. The van der Waals surface area contributed by atoms with Gasteiger partial charge in [-0.2, -0.15) is 4.98 Å². The summed E-state index contributed by atoms with van der Waals surface area (Å²) in [5, 5.41) is 11.3. The number of nitrogens with zero attached hydrogens (tertiary/aromatic N) is 4. The summed E-state index contributed by atoms with van der Waals surface area (Å²) in [6.07, 6.45) is 0. The highest BCUT2D eigenvalue weighted by atomic mass is 16.6. The van der Waals surface area contributed by atoms with Crippen LogP contribution in [0, 0.1) is 17.0 Å². The maximum absolute atomic E-state index is 11.3. The quantitative estimate of drug-likeness (QED) is 0.370. The zero-order valence-electron chi connectivity index (χ0n) is 12.3. The second-order valence-corrected chi connectivity index (χ2v) is 4.18. The number of nitrogens with two attached hydrogens (primary N) is 1. The van der Waals surface area contributed by atoms with Crippen molar-refractivity contribution in [2.24, 2.45) is 5.84 Å². The number of hydrogen-bond acceptors (Lipinski definition) is 9. The van der Waals surface area contributed by atoms with Crippen molar-refractivity contribution in [1.29, 1.82) is 0 Å². The molecule has 1 aromatic heterocycles. The Morgan fingerprint density at radius 2 is 1.86 bits per heavy atom. The van der Waals surface area contributed by atoms with E-state index in [0.29, 0.717) is 26.3 Å². The van der Waals surface area contributed by atoms with Crippen molar-refractivity contribution in [1.82, 2.24) is 9.97 Å². The summed E-state index contributed by atoms with van der Waals surface area (Å²) in [5.41, 5.74) is 2.39. The maximum Gasteiger partial charge on any atom is 0.332 e. The van der Waals surface area contributed by atoms with Crippen LogP contribution >= 0.6 is 0 Å². The lowest BCUT2D eigenvalue weighted by Crippen LogP contribution is -2.32. The van der Waals surface area contributed by atoms with Crippen LogP contribution in [0.25, 0.3) is 0 Å². The lowest BCUT2D eigenvalue weighted by atomic mass is 10.3. The van der Waals surface area contributed by atoms with E-state index in [1.807, 2.05) is 0 Å². The molecule has 21 heavy (non-hydrogen) atoms. The summed E-state index contributed by atoms with van der Waals surface area (Å²) < 4.78 is 10.0. The summed E-state index contributed by atoms with van der Waals surface area (Å²) >= 11 is 0. The Balaban J connectivity index is 3.24. The Morgan fingerprint density at radius 1 is 1.29 bits per heavy atom. The Morgan fingerprint density at radius 3 is 2.29 bits per heavy atom. The molecular formula is C11H20N6O4. The maximum atomic E-state index is 11.3. The molecule has 3 N–H and O–H groups in total. The van der Waals surface area contributed by atoms with E-state index in [-0.39, 0.29) is 23.1 Å². The molecule has 0 aliphatic carbocycles. The Hall–Kier alpha value is -2.04. The average Bonchev–Trinajstić information content (AvgIpc) is 2.46. The average molecular weight is 300 g/mol. The first-order valence-corrected chi connectivity index (χ1v) is 6.27. The van der Waals surface area contributed by atoms with E-state index in [1.165, 1.54) is 6.92 Å². The largest absolute Gasteiger partial charge is 0.383 e. The van der Waals surface area contributed by atoms with Crippen LogP contribution < -0.4 is 16.2 Å². The summed E-state index contributed by atoms with van der Waals surface area (Å²) in [4.78, 5) is 20.5. The van der Waals surface area contributed by atoms with Crippen LogP contribution in [-0.2, 0) is 9.47 Å². The number of hydrazine groups is 1. The van der Waals surface area contributed by atoms with Crippen molar-refractivity contribution < 1.29 is 14.4 Å². The molecule has 0 aliphatic rings. The molecule has 0 bridgehead atoms. The van der Waals surface area contributed by atoms with Gasteiger partial charge >= 0.3 is 5.69 Å². The van der Waals surface area contributed by atoms with Crippen molar-refractivity contribution in [3.05, 3.63) is 15.8 Å². The first-order valence-electron chi connectivity index (χ1n) is 6.27. The SMILES string of the molecule is COCCN(CCOC)c1nc(NN)nc(C)c1[N+](=O)[O-]. The first kappa shape index (κ1) is 17.0. The summed E-state index contributed by atoms with van der Waals surface area (Å²) in [7, 11) is 3.11. The van der Waals surface area contributed by atoms with Gasteiger partial charge in [-0.05, 0) is 6.92 Å². The van der Waals surface area contributed by atoms with Crippen molar-refractivity contribution in [2.75, 3.05) is 50.8 Å². The zero-order chi connectivity index (χ0) is 15.8. The van der Waals surface area contributed by atoms with Crippen LogP contribution in [0.3, 0.4) is 0 Å². The molecule has 0 aliphatic heterocycles. The van der Waals surface area contributed by atoms with E-state index in [9.17, 15) is 10.1 Å². The summed E-state index contributed by atoms with van der Waals surface area (Å²) in [6, 6.07) is 0. The number of ether oxygens (including phenoxy) is 2. The molecule has 10 heteroatoms. The first-order chi connectivity index (χ1) is 10.0. The van der Waals surface area contributed by atoms with E-state index < -0.39 is 4.92 Å². The Bertz CT molecular complexity index is 476. The van der Waals surface area contributed by atoms with Crippen molar-refractivity contribution in [2.45, 2.75) is 6.92 Å². The normalized spacial score (nSPS) is 10.5. The molecular weight excluding hydrogens is 280 g/mol. The third-order valence-electron chi connectivity index (χ3n) is 2.78. The highest BCUT2D eigenvalue weighted by Gasteiger charge is 2.26. The molecule has 118 valence electrons. The zero-order valence-corrected chi connectivity index (χ0v) is 12.3. The summed E-state index contributed by atoms with van der Waals surface area (Å²) in [5.74, 6) is 5.61. The molecule has 0 unspecified atom stereocenters. The molecule has 0 atom stereocenters. The van der Waals surface area contributed by atoms with Gasteiger partial charge < -0.3 is 14.4 Å². The number of hydrogen-bond donors (Lipinski definition) is 2. The number of anilines is 2. The lowest BCUT2D eigenvalue weighted by molar-refractivity contribution is -0.385. The van der Waals surface area contributed by atoms with E-state index in [2.05, 4.69) is 15.4 Å². The van der Waals surface area contributed by atoms with Gasteiger partial charge in [0, 0.05) is 27.3 Å². The molecule has 1 rings (SSSR count).